The molecule has 2 aliphatic rings. The number of nitrogens with zero attached hydrogens (tertiary/aromatic N) is 5. The Morgan fingerprint density at radius 1 is 0.906 bits per heavy atom. The normalized spacial score (nSPS) is 19.0. The van der Waals surface area contributed by atoms with E-state index in [1.165, 1.54) is 0 Å². The molecular weight excluding hydrogens is 425 g/mol. The molecule has 2 fully saturated rings. The molecule has 9 heteroatoms. The molecule has 1 aromatic carbocycles. The predicted molar refractivity (Wildman–Crippen MR) is 129 cm³/mol. The molecule has 0 amide bonds. The monoisotopic (exact) mass is 459 g/mol. The van der Waals surface area contributed by atoms with Gasteiger partial charge in [-0.2, -0.15) is 5.10 Å². The minimum absolute atomic E-state index is 0.590. The second-order valence-corrected chi connectivity index (χ2v) is 11.0. The molecule has 3 heterocycles. The zero-order valence-electron chi connectivity index (χ0n) is 19.5. The quantitative estimate of drug-likeness (QED) is 0.376. The van der Waals surface area contributed by atoms with Crippen LogP contribution in [-0.4, -0.2) is 91.8 Å². The van der Waals surface area contributed by atoms with Gasteiger partial charge in [0.25, 0.3) is 0 Å². The fourth-order valence-electron chi connectivity index (χ4n) is 4.62. The number of hydrogen-bond donors (Lipinski definition) is 0. The molecule has 0 radical (unpaired) electrons. The predicted octanol–water partition coefficient (Wildman–Crippen LogP) is 2.47. The summed E-state index contributed by atoms with van der Waals surface area (Å²) in [6.07, 6.45) is 1.87. The third-order valence-electron chi connectivity index (χ3n) is 6.12. The Bertz CT molecular complexity index is 971. The first kappa shape index (κ1) is 23.2. The van der Waals surface area contributed by atoms with Crippen molar-refractivity contribution in [1.29, 1.82) is 0 Å². The van der Waals surface area contributed by atoms with E-state index in [2.05, 4.69) is 45.0 Å². The van der Waals surface area contributed by atoms with Gasteiger partial charge >= 0.3 is 0 Å². The van der Waals surface area contributed by atoms with Gasteiger partial charge in [-0.3, -0.25) is 4.57 Å². The minimum Gasteiger partial charge on any atom is -0.379 e. The molecule has 32 heavy (non-hydrogen) atoms. The standard InChI is InChI=1S/C23H34N5O3P/c1-19-22(18-24-25(3)4)23(20(2)28(19)21-8-6-5-7-9-21)32(29,26-10-14-30-15-11-26)27-12-16-31-17-13-27/h5-9,18H,10-17H2,1-4H3/b24-18+. The fraction of sp³-hybridized carbons (Fsp3) is 0.522. The molecule has 0 spiro atoms. The fourth-order valence-corrected chi connectivity index (χ4v) is 8.00. The third-order valence-corrected chi connectivity index (χ3v) is 9.60. The van der Waals surface area contributed by atoms with Crippen molar-refractivity contribution in [2.75, 3.05) is 66.7 Å². The van der Waals surface area contributed by atoms with Gasteiger partial charge < -0.3 is 19.0 Å². The van der Waals surface area contributed by atoms with Gasteiger partial charge in [0.2, 0.25) is 7.44 Å². The van der Waals surface area contributed by atoms with Crippen LogP contribution >= 0.6 is 7.44 Å². The zero-order chi connectivity index (χ0) is 22.7. The van der Waals surface area contributed by atoms with Crippen molar-refractivity contribution in [3.05, 3.63) is 47.3 Å². The van der Waals surface area contributed by atoms with E-state index in [0.717, 1.165) is 27.9 Å². The minimum atomic E-state index is -3.11. The molecule has 4 rings (SSSR count). The Labute approximate surface area is 190 Å². The smallest absolute Gasteiger partial charge is 0.248 e. The van der Waals surface area contributed by atoms with Crippen LogP contribution in [0.3, 0.4) is 0 Å². The Balaban J connectivity index is 1.96. The summed E-state index contributed by atoms with van der Waals surface area (Å²) in [4.78, 5) is 0. The lowest BCUT2D eigenvalue weighted by Gasteiger charge is -2.42. The summed E-state index contributed by atoms with van der Waals surface area (Å²) in [6.45, 7) is 9.11. The summed E-state index contributed by atoms with van der Waals surface area (Å²) in [5, 5.41) is 7.21. The van der Waals surface area contributed by atoms with Crippen LogP contribution < -0.4 is 5.30 Å². The Hall–Kier alpha value is -1.96. The number of rotatable bonds is 6. The Morgan fingerprint density at radius 3 is 1.94 bits per heavy atom. The average Bonchev–Trinajstić information content (AvgIpc) is 3.08. The van der Waals surface area contributed by atoms with Gasteiger partial charge in [0, 0.05) is 62.9 Å². The largest absolute Gasteiger partial charge is 0.379 e. The van der Waals surface area contributed by atoms with Gasteiger partial charge in [0.05, 0.1) is 37.9 Å². The van der Waals surface area contributed by atoms with E-state index in [1.807, 2.05) is 38.5 Å². The summed E-state index contributed by atoms with van der Waals surface area (Å²) >= 11 is 0. The highest BCUT2D eigenvalue weighted by atomic mass is 31.2. The summed E-state index contributed by atoms with van der Waals surface area (Å²) < 4.78 is 33.0. The van der Waals surface area contributed by atoms with Crippen LogP contribution in [0.1, 0.15) is 17.0 Å². The van der Waals surface area contributed by atoms with Crippen LogP contribution in [0.25, 0.3) is 5.69 Å². The van der Waals surface area contributed by atoms with Gasteiger partial charge in [0.15, 0.2) is 0 Å². The lowest BCUT2D eigenvalue weighted by Crippen LogP contribution is -2.47. The van der Waals surface area contributed by atoms with Crippen molar-refractivity contribution in [1.82, 2.24) is 18.9 Å². The molecule has 2 aromatic rings. The second-order valence-electron chi connectivity index (χ2n) is 8.37. The number of hydrazone groups is 1. The van der Waals surface area contributed by atoms with Crippen LogP contribution in [0.2, 0.25) is 0 Å². The van der Waals surface area contributed by atoms with Crippen molar-refractivity contribution >= 4 is 19.0 Å². The van der Waals surface area contributed by atoms with Gasteiger partial charge in [-0.25, -0.2) is 9.34 Å². The maximum absolute atomic E-state index is 15.3. The van der Waals surface area contributed by atoms with Crippen LogP contribution in [-0.2, 0) is 14.0 Å². The summed E-state index contributed by atoms with van der Waals surface area (Å²) in [5.74, 6) is 0. The molecule has 0 bridgehead atoms. The summed E-state index contributed by atoms with van der Waals surface area (Å²) in [7, 11) is 0.690. The number of aromatic nitrogens is 1. The lowest BCUT2D eigenvalue weighted by atomic mass is 10.2. The van der Waals surface area contributed by atoms with Crippen LogP contribution in [0, 0.1) is 13.8 Å². The van der Waals surface area contributed by atoms with Crippen LogP contribution in [0.15, 0.2) is 35.4 Å². The van der Waals surface area contributed by atoms with E-state index in [9.17, 15) is 0 Å². The van der Waals surface area contributed by atoms with E-state index < -0.39 is 7.44 Å². The third kappa shape index (κ3) is 4.30. The second kappa shape index (κ2) is 9.89. The van der Waals surface area contributed by atoms with E-state index in [4.69, 9.17) is 9.47 Å². The molecule has 174 valence electrons. The van der Waals surface area contributed by atoms with E-state index >= 15 is 4.57 Å². The Kier molecular flexibility index (Phi) is 7.17. The van der Waals surface area contributed by atoms with Crippen molar-refractivity contribution in [3.63, 3.8) is 0 Å². The highest BCUT2D eigenvalue weighted by Gasteiger charge is 2.44. The van der Waals surface area contributed by atoms with E-state index in [0.29, 0.717) is 52.6 Å². The molecule has 0 atom stereocenters. The van der Waals surface area contributed by atoms with Crippen molar-refractivity contribution in [2.24, 2.45) is 5.10 Å². The number of hydrogen-bond acceptors (Lipinski definition) is 5. The number of para-hydroxylation sites is 1. The molecular formula is C23H34N5O3P. The Morgan fingerprint density at radius 2 is 1.44 bits per heavy atom. The number of benzene rings is 1. The van der Waals surface area contributed by atoms with E-state index in [1.54, 1.807) is 5.01 Å². The van der Waals surface area contributed by atoms with Gasteiger partial charge in [-0.1, -0.05) is 18.2 Å². The first-order valence-corrected chi connectivity index (χ1v) is 12.8. The molecule has 2 aliphatic heterocycles. The van der Waals surface area contributed by atoms with Gasteiger partial charge in [-0.05, 0) is 26.0 Å². The highest BCUT2D eigenvalue weighted by molar-refractivity contribution is 7.67. The molecule has 0 saturated carbocycles. The highest BCUT2D eigenvalue weighted by Crippen LogP contribution is 2.54. The van der Waals surface area contributed by atoms with Crippen LogP contribution in [0.5, 0.6) is 0 Å². The average molecular weight is 460 g/mol. The first-order valence-electron chi connectivity index (χ1n) is 11.2. The van der Waals surface area contributed by atoms with E-state index in [-0.39, 0.29) is 0 Å². The maximum atomic E-state index is 15.3. The molecule has 1 aromatic heterocycles. The van der Waals surface area contributed by atoms with Crippen LogP contribution in [0.4, 0.5) is 0 Å². The summed E-state index contributed by atoms with van der Waals surface area (Å²) in [6, 6.07) is 10.3. The van der Waals surface area contributed by atoms with Crippen molar-refractivity contribution in [3.8, 4) is 5.69 Å². The summed E-state index contributed by atoms with van der Waals surface area (Å²) in [5.41, 5.74) is 4.02. The van der Waals surface area contributed by atoms with Crippen molar-refractivity contribution < 1.29 is 14.0 Å². The molecule has 0 unspecified atom stereocenters. The van der Waals surface area contributed by atoms with Gasteiger partial charge in [-0.15, -0.1) is 0 Å². The van der Waals surface area contributed by atoms with Crippen molar-refractivity contribution in [2.45, 2.75) is 13.8 Å². The lowest BCUT2D eigenvalue weighted by molar-refractivity contribution is 0.0538. The number of morpholine rings is 2. The zero-order valence-corrected chi connectivity index (χ0v) is 20.4. The molecule has 0 N–H and O–H groups in total. The van der Waals surface area contributed by atoms with Gasteiger partial charge in [0.1, 0.15) is 0 Å². The molecule has 2 saturated heterocycles. The molecule has 8 nitrogen and oxygen atoms in total. The first-order chi connectivity index (χ1) is 15.4. The molecule has 0 aliphatic carbocycles. The maximum Gasteiger partial charge on any atom is 0.248 e. The SMILES string of the molecule is Cc1c(/C=N/N(C)C)c(P(=O)(N2CCOCC2)N2CCOCC2)c(C)n1-c1ccccc1. The topological polar surface area (TPSA) is 62.5 Å². The number of ether oxygens (including phenoxy) is 2.